The normalized spacial score (nSPS) is 10.2. The summed E-state index contributed by atoms with van der Waals surface area (Å²) in [5.41, 5.74) is 6.58. The summed E-state index contributed by atoms with van der Waals surface area (Å²) in [6, 6.07) is 2.82. The second kappa shape index (κ2) is 4.73. The lowest BCUT2D eigenvalue weighted by atomic mass is 10.2. The van der Waals surface area contributed by atoms with E-state index in [9.17, 15) is 14.9 Å². The van der Waals surface area contributed by atoms with Crippen molar-refractivity contribution in [2.24, 2.45) is 10.8 Å². The van der Waals surface area contributed by atoms with Gasteiger partial charge in [0.2, 0.25) is 0 Å². The summed E-state index contributed by atoms with van der Waals surface area (Å²) < 4.78 is 0. The largest absolute Gasteiger partial charge is 0.502 e. The Hall–Kier alpha value is -2.64. The molecule has 1 aromatic carbocycles. The number of hydrogen-bond donors (Lipinski definition) is 3. The Bertz CT molecular complexity index is 457. The third kappa shape index (κ3) is 2.94. The number of carbonyl (C=O) groups is 1. The van der Waals surface area contributed by atoms with Crippen molar-refractivity contribution in [2.45, 2.75) is 0 Å². The van der Waals surface area contributed by atoms with Crippen LogP contribution in [0, 0.1) is 10.1 Å². The lowest BCUT2D eigenvalue weighted by Crippen LogP contribution is -2.24. The van der Waals surface area contributed by atoms with Crippen LogP contribution in [0.1, 0.15) is 5.56 Å². The van der Waals surface area contributed by atoms with Gasteiger partial charge in [0.15, 0.2) is 5.75 Å². The summed E-state index contributed by atoms with van der Waals surface area (Å²) >= 11 is 0. The first-order chi connectivity index (χ1) is 7.50. The number of benzene rings is 1. The minimum Gasteiger partial charge on any atom is -0.502 e. The number of nitrogens with zero attached hydrogens (tertiary/aromatic N) is 2. The third-order valence-electron chi connectivity index (χ3n) is 1.58. The average molecular weight is 224 g/mol. The lowest BCUT2D eigenvalue weighted by molar-refractivity contribution is -0.385. The van der Waals surface area contributed by atoms with Gasteiger partial charge in [0.25, 0.3) is 0 Å². The molecular formula is C8H8N4O4. The highest BCUT2D eigenvalue weighted by atomic mass is 16.6. The molecule has 1 aromatic rings. The van der Waals surface area contributed by atoms with Crippen LogP contribution >= 0.6 is 0 Å². The fraction of sp³-hybridized carbons (Fsp3) is 0. The fourth-order valence-electron chi connectivity index (χ4n) is 0.937. The topological polar surface area (TPSA) is 131 Å². The number of primary amides is 1. The van der Waals surface area contributed by atoms with Gasteiger partial charge in [-0.15, -0.1) is 0 Å². The molecule has 1 rings (SSSR count). The van der Waals surface area contributed by atoms with Gasteiger partial charge in [0.1, 0.15) is 0 Å². The van der Waals surface area contributed by atoms with Crippen molar-refractivity contribution in [3.8, 4) is 5.75 Å². The van der Waals surface area contributed by atoms with Crippen LogP contribution in [0.3, 0.4) is 0 Å². The van der Waals surface area contributed by atoms with E-state index in [1.807, 2.05) is 5.43 Å². The first-order valence-corrected chi connectivity index (χ1v) is 4.06. The molecular weight excluding hydrogens is 216 g/mol. The monoisotopic (exact) mass is 224 g/mol. The molecule has 0 atom stereocenters. The number of nitro groups is 1. The van der Waals surface area contributed by atoms with Crippen LogP contribution in [0.2, 0.25) is 0 Å². The van der Waals surface area contributed by atoms with Crippen LogP contribution in [-0.2, 0) is 0 Å². The number of nitrogens with two attached hydrogens (primary N) is 1. The first kappa shape index (κ1) is 11.4. The smallest absolute Gasteiger partial charge is 0.332 e. The third-order valence-corrected chi connectivity index (χ3v) is 1.58. The van der Waals surface area contributed by atoms with Crippen LogP contribution in [-0.4, -0.2) is 22.3 Å². The van der Waals surface area contributed by atoms with E-state index in [1.54, 1.807) is 0 Å². The minimum absolute atomic E-state index is 0.346. The lowest BCUT2D eigenvalue weighted by Gasteiger charge is -1.97. The highest BCUT2D eigenvalue weighted by molar-refractivity contribution is 5.82. The van der Waals surface area contributed by atoms with Crippen LogP contribution in [0.15, 0.2) is 23.3 Å². The molecule has 4 N–H and O–H groups in total. The summed E-state index contributed by atoms with van der Waals surface area (Å²) in [5, 5.41) is 23.0. The predicted octanol–water partition coefficient (Wildman–Crippen LogP) is 0.303. The van der Waals surface area contributed by atoms with E-state index in [4.69, 9.17) is 10.8 Å². The number of aromatic hydroxyl groups is 1. The number of nitro benzene ring substituents is 1. The van der Waals surface area contributed by atoms with Gasteiger partial charge in [-0.1, -0.05) is 0 Å². The van der Waals surface area contributed by atoms with E-state index < -0.39 is 22.4 Å². The van der Waals surface area contributed by atoms with Gasteiger partial charge in [-0.3, -0.25) is 10.1 Å². The molecule has 0 saturated heterocycles. The standard InChI is InChI=1S/C8H8N4O4/c9-8(14)11-10-4-5-1-2-7(13)6(3-5)12(15)16/h1-4,13H,(H3,9,11,14)/b10-4-. The van der Waals surface area contributed by atoms with E-state index in [-0.39, 0.29) is 0 Å². The van der Waals surface area contributed by atoms with E-state index in [0.717, 1.165) is 18.3 Å². The first-order valence-electron chi connectivity index (χ1n) is 4.06. The summed E-state index contributed by atoms with van der Waals surface area (Å²) in [7, 11) is 0. The summed E-state index contributed by atoms with van der Waals surface area (Å²) in [4.78, 5) is 20.0. The van der Waals surface area contributed by atoms with Gasteiger partial charge < -0.3 is 10.8 Å². The molecule has 16 heavy (non-hydrogen) atoms. The number of rotatable bonds is 3. The van der Waals surface area contributed by atoms with Crippen LogP contribution < -0.4 is 11.2 Å². The maximum absolute atomic E-state index is 10.5. The fourth-order valence-corrected chi connectivity index (χ4v) is 0.937. The van der Waals surface area contributed by atoms with Crippen molar-refractivity contribution in [3.63, 3.8) is 0 Å². The SMILES string of the molecule is NC(=O)N/N=C\c1ccc(O)c([N+](=O)[O-])c1. The van der Waals surface area contributed by atoms with Crippen molar-refractivity contribution in [1.29, 1.82) is 0 Å². The number of hydrogen-bond acceptors (Lipinski definition) is 5. The number of carbonyl (C=O) groups excluding carboxylic acids is 1. The zero-order chi connectivity index (χ0) is 12.1. The molecule has 84 valence electrons. The van der Waals surface area contributed by atoms with Gasteiger partial charge in [-0.05, 0) is 12.1 Å². The van der Waals surface area contributed by atoms with Crippen LogP contribution in [0.4, 0.5) is 10.5 Å². The summed E-state index contributed by atoms with van der Waals surface area (Å²) in [6.45, 7) is 0. The van der Waals surface area contributed by atoms with Gasteiger partial charge in [0, 0.05) is 11.6 Å². The summed E-state index contributed by atoms with van der Waals surface area (Å²) in [5.74, 6) is -0.440. The molecule has 0 fully saturated rings. The van der Waals surface area contributed by atoms with E-state index in [1.165, 1.54) is 6.07 Å². The molecule has 0 radical (unpaired) electrons. The second-order valence-electron chi connectivity index (χ2n) is 2.74. The van der Waals surface area contributed by atoms with Gasteiger partial charge in [-0.25, -0.2) is 10.2 Å². The summed E-state index contributed by atoms with van der Waals surface area (Å²) in [6.07, 6.45) is 1.16. The van der Waals surface area contributed by atoms with Crippen molar-refractivity contribution in [1.82, 2.24) is 5.43 Å². The predicted molar refractivity (Wildman–Crippen MR) is 55.1 cm³/mol. The van der Waals surface area contributed by atoms with Gasteiger partial charge in [-0.2, -0.15) is 5.10 Å². The molecule has 0 aliphatic heterocycles. The molecule has 8 nitrogen and oxygen atoms in total. The number of phenols is 1. The Kier molecular flexibility index (Phi) is 3.38. The van der Waals surface area contributed by atoms with Crippen LogP contribution in [0.25, 0.3) is 0 Å². The molecule has 0 aromatic heterocycles. The molecule has 0 saturated carbocycles. The zero-order valence-electron chi connectivity index (χ0n) is 7.95. The van der Waals surface area contributed by atoms with Gasteiger partial charge >= 0.3 is 11.7 Å². The van der Waals surface area contributed by atoms with Crippen molar-refractivity contribution >= 4 is 17.9 Å². The molecule has 0 aliphatic rings. The molecule has 0 spiro atoms. The number of urea groups is 1. The highest BCUT2D eigenvalue weighted by Gasteiger charge is 2.12. The van der Waals surface area contributed by atoms with E-state index in [0.29, 0.717) is 5.56 Å². The maximum atomic E-state index is 10.5. The van der Waals surface area contributed by atoms with Gasteiger partial charge in [0.05, 0.1) is 11.1 Å². The van der Waals surface area contributed by atoms with E-state index >= 15 is 0 Å². The highest BCUT2D eigenvalue weighted by Crippen LogP contribution is 2.25. The molecule has 2 amide bonds. The molecule has 0 bridgehead atoms. The Morgan fingerprint density at radius 1 is 1.62 bits per heavy atom. The Morgan fingerprint density at radius 3 is 2.88 bits per heavy atom. The molecule has 8 heteroatoms. The maximum Gasteiger partial charge on any atom is 0.332 e. The minimum atomic E-state index is -0.843. The van der Waals surface area contributed by atoms with Crippen molar-refractivity contribution in [3.05, 3.63) is 33.9 Å². The van der Waals surface area contributed by atoms with E-state index in [2.05, 4.69) is 5.10 Å². The quantitative estimate of drug-likeness (QED) is 0.387. The van der Waals surface area contributed by atoms with Crippen molar-refractivity contribution < 1.29 is 14.8 Å². The number of amides is 2. The average Bonchev–Trinajstić information content (AvgIpc) is 2.19. The number of phenolic OH excluding ortho intramolecular Hbond substituents is 1. The van der Waals surface area contributed by atoms with Crippen LogP contribution in [0.5, 0.6) is 5.75 Å². The Labute approximate surface area is 89.5 Å². The number of hydrazone groups is 1. The molecule has 0 unspecified atom stereocenters. The van der Waals surface area contributed by atoms with Crippen molar-refractivity contribution in [2.75, 3.05) is 0 Å². The molecule has 0 heterocycles. The Morgan fingerprint density at radius 2 is 2.31 bits per heavy atom. The second-order valence-corrected chi connectivity index (χ2v) is 2.74. The Balaban J connectivity index is 2.91. The molecule has 0 aliphatic carbocycles. The zero-order valence-corrected chi connectivity index (χ0v) is 7.95. The number of nitrogens with one attached hydrogen (secondary N) is 1.